The van der Waals surface area contributed by atoms with Crippen LogP contribution in [0.4, 0.5) is 0 Å². The van der Waals surface area contributed by atoms with Gasteiger partial charge in [0.2, 0.25) is 0 Å². The largest absolute Gasteiger partial charge is 0.467 e. The van der Waals surface area contributed by atoms with Crippen LogP contribution in [0, 0.1) is 20.8 Å². The molecule has 5 nitrogen and oxygen atoms in total. The highest BCUT2D eigenvalue weighted by molar-refractivity contribution is 5.94. The molecule has 1 heterocycles. The molecule has 0 bridgehead atoms. The molecule has 1 N–H and O–H groups in total. The van der Waals surface area contributed by atoms with Gasteiger partial charge in [0.05, 0.1) is 18.4 Å². The van der Waals surface area contributed by atoms with Crippen molar-refractivity contribution in [1.29, 1.82) is 0 Å². The first-order valence-electron chi connectivity index (χ1n) is 7.01. The molecule has 116 valence electrons. The molecule has 0 unspecified atom stereocenters. The van der Waals surface area contributed by atoms with Crippen LogP contribution in [0.2, 0.25) is 0 Å². The van der Waals surface area contributed by atoms with Crippen LogP contribution >= 0.6 is 0 Å². The number of nitrogens with one attached hydrogen (secondary N) is 1. The Balaban J connectivity index is 1.88. The van der Waals surface area contributed by atoms with E-state index in [1.807, 2.05) is 32.9 Å². The number of amides is 1. The molecule has 1 aromatic carbocycles. The van der Waals surface area contributed by atoms with Crippen LogP contribution in [0.1, 0.15) is 32.8 Å². The van der Waals surface area contributed by atoms with E-state index in [0.717, 1.165) is 16.7 Å². The Kier molecular flexibility index (Phi) is 4.99. The van der Waals surface area contributed by atoms with Crippen molar-refractivity contribution < 1.29 is 18.7 Å². The SMILES string of the molecule is Cc1cc(C)c(C(=O)OCC(=O)NCc2ccco2)c(C)c1. The minimum atomic E-state index is -0.483. The van der Waals surface area contributed by atoms with Crippen molar-refractivity contribution in [3.05, 3.63) is 58.5 Å². The summed E-state index contributed by atoms with van der Waals surface area (Å²) in [4.78, 5) is 23.8. The summed E-state index contributed by atoms with van der Waals surface area (Å²) in [7, 11) is 0. The highest BCUT2D eigenvalue weighted by Gasteiger charge is 2.15. The summed E-state index contributed by atoms with van der Waals surface area (Å²) in [6.07, 6.45) is 1.53. The van der Waals surface area contributed by atoms with Gasteiger partial charge in [0, 0.05) is 0 Å². The van der Waals surface area contributed by atoms with E-state index >= 15 is 0 Å². The first kappa shape index (κ1) is 15.8. The van der Waals surface area contributed by atoms with Crippen molar-refractivity contribution in [3.63, 3.8) is 0 Å². The third-order valence-corrected chi connectivity index (χ3v) is 3.26. The molecule has 0 aliphatic carbocycles. The Hall–Kier alpha value is -2.56. The topological polar surface area (TPSA) is 68.5 Å². The molecule has 0 saturated heterocycles. The molecule has 2 aromatic rings. The summed E-state index contributed by atoms with van der Waals surface area (Å²) in [5.74, 6) is -0.208. The van der Waals surface area contributed by atoms with E-state index in [9.17, 15) is 9.59 Å². The van der Waals surface area contributed by atoms with Gasteiger partial charge in [-0.3, -0.25) is 4.79 Å². The summed E-state index contributed by atoms with van der Waals surface area (Å²) in [6, 6.07) is 7.33. The smallest absolute Gasteiger partial charge is 0.339 e. The number of hydrogen-bond donors (Lipinski definition) is 1. The van der Waals surface area contributed by atoms with Gasteiger partial charge in [0.1, 0.15) is 5.76 Å². The standard InChI is InChI=1S/C17H19NO4/c1-11-7-12(2)16(13(3)8-11)17(20)22-10-15(19)18-9-14-5-4-6-21-14/h4-8H,9-10H2,1-3H3,(H,18,19). The minimum Gasteiger partial charge on any atom is -0.467 e. The van der Waals surface area contributed by atoms with E-state index in [-0.39, 0.29) is 19.1 Å². The third kappa shape index (κ3) is 3.97. The summed E-state index contributed by atoms with van der Waals surface area (Å²) in [5.41, 5.74) is 3.30. The summed E-state index contributed by atoms with van der Waals surface area (Å²) < 4.78 is 10.2. The van der Waals surface area contributed by atoms with Gasteiger partial charge in [0.25, 0.3) is 5.91 Å². The van der Waals surface area contributed by atoms with Gasteiger partial charge in [-0.1, -0.05) is 17.7 Å². The van der Waals surface area contributed by atoms with E-state index in [2.05, 4.69) is 5.32 Å². The van der Waals surface area contributed by atoms with Gasteiger partial charge in [0.15, 0.2) is 6.61 Å². The van der Waals surface area contributed by atoms with Crippen LogP contribution in [-0.2, 0) is 16.1 Å². The molecule has 0 radical (unpaired) electrons. The molecule has 0 fully saturated rings. The predicted octanol–water partition coefficient (Wildman–Crippen LogP) is 2.68. The lowest BCUT2D eigenvalue weighted by atomic mass is 10.00. The number of aryl methyl sites for hydroxylation is 3. The van der Waals surface area contributed by atoms with Crippen molar-refractivity contribution in [3.8, 4) is 0 Å². The number of carbonyl (C=O) groups excluding carboxylic acids is 2. The second kappa shape index (κ2) is 6.93. The fourth-order valence-electron chi connectivity index (χ4n) is 2.36. The zero-order valence-corrected chi connectivity index (χ0v) is 12.9. The number of ether oxygens (including phenoxy) is 1. The normalized spacial score (nSPS) is 10.3. The van der Waals surface area contributed by atoms with Crippen molar-refractivity contribution in [2.24, 2.45) is 0 Å². The van der Waals surface area contributed by atoms with E-state index in [1.54, 1.807) is 12.1 Å². The van der Waals surface area contributed by atoms with E-state index < -0.39 is 5.97 Å². The molecule has 0 atom stereocenters. The first-order valence-corrected chi connectivity index (χ1v) is 7.01. The number of benzene rings is 1. The van der Waals surface area contributed by atoms with Crippen molar-refractivity contribution in [2.75, 3.05) is 6.61 Å². The second-order valence-electron chi connectivity index (χ2n) is 5.21. The molecule has 22 heavy (non-hydrogen) atoms. The van der Waals surface area contributed by atoms with Crippen molar-refractivity contribution in [2.45, 2.75) is 27.3 Å². The number of esters is 1. The highest BCUT2D eigenvalue weighted by Crippen LogP contribution is 2.17. The van der Waals surface area contributed by atoms with Crippen LogP contribution < -0.4 is 5.32 Å². The highest BCUT2D eigenvalue weighted by atomic mass is 16.5. The number of hydrogen-bond acceptors (Lipinski definition) is 4. The third-order valence-electron chi connectivity index (χ3n) is 3.26. The fourth-order valence-corrected chi connectivity index (χ4v) is 2.36. The van der Waals surface area contributed by atoms with Crippen molar-refractivity contribution in [1.82, 2.24) is 5.32 Å². The molecule has 5 heteroatoms. The molecule has 1 amide bonds. The lowest BCUT2D eigenvalue weighted by Crippen LogP contribution is -2.28. The van der Waals surface area contributed by atoms with Crippen LogP contribution in [0.25, 0.3) is 0 Å². The maximum atomic E-state index is 12.1. The molecule has 2 rings (SSSR count). The maximum Gasteiger partial charge on any atom is 0.339 e. The number of rotatable bonds is 5. The van der Waals surface area contributed by atoms with Gasteiger partial charge >= 0.3 is 5.97 Å². The Morgan fingerprint density at radius 2 is 1.86 bits per heavy atom. The number of furan rings is 1. The van der Waals surface area contributed by atoms with E-state index in [1.165, 1.54) is 6.26 Å². The van der Waals surface area contributed by atoms with Gasteiger partial charge < -0.3 is 14.5 Å². The quantitative estimate of drug-likeness (QED) is 0.862. The zero-order valence-electron chi connectivity index (χ0n) is 12.9. The Bertz CT molecular complexity index is 651. The maximum absolute atomic E-state index is 12.1. The molecule has 0 aliphatic heterocycles. The summed E-state index contributed by atoms with van der Waals surface area (Å²) in [6.45, 7) is 5.64. The number of carbonyl (C=O) groups is 2. The average molecular weight is 301 g/mol. The Morgan fingerprint density at radius 1 is 1.18 bits per heavy atom. The van der Waals surface area contributed by atoms with E-state index in [4.69, 9.17) is 9.15 Å². The molecule has 0 saturated carbocycles. The van der Waals surface area contributed by atoms with Crippen LogP contribution in [0.15, 0.2) is 34.9 Å². The Morgan fingerprint density at radius 3 is 2.45 bits per heavy atom. The second-order valence-corrected chi connectivity index (χ2v) is 5.21. The zero-order chi connectivity index (χ0) is 16.1. The molecular formula is C17H19NO4. The van der Waals surface area contributed by atoms with Crippen LogP contribution in [0.3, 0.4) is 0 Å². The van der Waals surface area contributed by atoms with Gasteiger partial charge in [-0.25, -0.2) is 4.79 Å². The van der Waals surface area contributed by atoms with Gasteiger partial charge in [-0.05, 0) is 44.0 Å². The molecular weight excluding hydrogens is 282 g/mol. The lowest BCUT2D eigenvalue weighted by Gasteiger charge is -2.11. The average Bonchev–Trinajstić information content (AvgIpc) is 2.95. The lowest BCUT2D eigenvalue weighted by molar-refractivity contribution is -0.124. The summed E-state index contributed by atoms with van der Waals surface area (Å²) >= 11 is 0. The van der Waals surface area contributed by atoms with Crippen molar-refractivity contribution >= 4 is 11.9 Å². The first-order chi connectivity index (χ1) is 10.5. The fraction of sp³-hybridized carbons (Fsp3) is 0.294. The molecule has 0 aliphatic rings. The van der Waals surface area contributed by atoms with Gasteiger partial charge in [-0.2, -0.15) is 0 Å². The summed E-state index contributed by atoms with van der Waals surface area (Å²) in [5, 5.41) is 2.62. The van der Waals surface area contributed by atoms with E-state index in [0.29, 0.717) is 11.3 Å². The Labute approximate surface area is 129 Å². The van der Waals surface area contributed by atoms with Crippen LogP contribution in [0.5, 0.6) is 0 Å². The minimum absolute atomic E-state index is 0.270. The predicted molar refractivity (Wildman–Crippen MR) is 81.5 cm³/mol. The molecule has 1 aromatic heterocycles. The molecule has 0 spiro atoms. The monoisotopic (exact) mass is 301 g/mol. The van der Waals surface area contributed by atoms with Gasteiger partial charge in [-0.15, -0.1) is 0 Å². The van der Waals surface area contributed by atoms with Crippen LogP contribution in [-0.4, -0.2) is 18.5 Å².